The number of amides is 2. The third-order valence-corrected chi connectivity index (χ3v) is 3.65. The third kappa shape index (κ3) is 3.68. The molecule has 3 aromatic rings. The zero-order chi connectivity index (χ0) is 17.8. The van der Waals surface area contributed by atoms with E-state index in [0.29, 0.717) is 35.2 Å². The molecule has 0 spiro atoms. The lowest BCUT2D eigenvalue weighted by Crippen LogP contribution is -2.16. The summed E-state index contributed by atoms with van der Waals surface area (Å²) in [6, 6.07) is 12.5. The van der Waals surface area contributed by atoms with Crippen molar-refractivity contribution >= 4 is 34.2 Å². The third-order valence-electron chi connectivity index (χ3n) is 3.65. The predicted molar refractivity (Wildman–Crippen MR) is 94.1 cm³/mol. The van der Waals surface area contributed by atoms with E-state index in [-0.39, 0.29) is 11.7 Å². The molecule has 1 heterocycles. The van der Waals surface area contributed by atoms with Crippen LogP contribution in [-0.2, 0) is 4.79 Å². The van der Waals surface area contributed by atoms with Gasteiger partial charge < -0.3 is 15.1 Å². The summed E-state index contributed by atoms with van der Waals surface area (Å²) in [5.74, 6) is -1.09. The van der Waals surface area contributed by atoms with Crippen LogP contribution < -0.4 is 10.6 Å². The smallest absolute Gasteiger partial charge is 0.293 e. The molecule has 0 fully saturated rings. The molecular weight excluding hydrogens is 323 g/mol. The Kier molecular flexibility index (Phi) is 4.79. The maximum Gasteiger partial charge on any atom is 0.293 e. The Hall–Kier alpha value is -3.15. The van der Waals surface area contributed by atoms with Gasteiger partial charge in [-0.1, -0.05) is 19.1 Å². The molecule has 2 amide bonds. The Bertz CT molecular complexity index is 916. The quantitative estimate of drug-likeness (QED) is 0.715. The summed E-state index contributed by atoms with van der Waals surface area (Å²) in [5, 5.41) is 6.05. The van der Waals surface area contributed by atoms with E-state index in [1.807, 2.05) is 6.92 Å². The van der Waals surface area contributed by atoms with Crippen molar-refractivity contribution in [3.05, 3.63) is 60.1 Å². The first kappa shape index (κ1) is 16.7. The van der Waals surface area contributed by atoms with Crippen molar-refractivity contribution in [3.63, 3.8) is 0 Å². The molecule has 3 rings (SSSR count). The molecule has 2 N–H and O–H groups in total. The van der Waals surface area contributed by atoms with Crippen molar-refractivity contribution < 1.29 is 18.4 Å². The van der Waals surface area contributed by atoms with E-state index in [1.54, 1.807) is 24.3 Å². The van der Waals surface area contributed by atoms with E-state index in [4.69, 9.17) is 4.42 Å². The van der Waals surface area contributed by atoms with Gasteiger partial charge in [0.25, 0.3) is 5.91 Å². The van der Waals surface area contributed by atoms with Crippen molar-refractivity contribution in [1.82, 2.24) is 0 Å². The van der Waals surface area contributed by atoms with Crippen molar-refractivity contribution in [2.45, 2.75) is 19.8 Å². The molecule has 0 aliphatic heterocycles. The molecule has 0 aliphatic carbocycles. The summed E-state index contributed by atoms with van der Waals surface area (Å²) in [6.45, 7) is 1.90. The molecular formula is C19H17FN2O3. The van der Waals surface area contributed by atoms with Gasteiger partial charge in [-0.25, -0.2) is 4.39 Å². The molecule has 0 atom stereocenters. The number of furan rings is 1. The molecule has 0 bridgehead atoms. The molecule has 1 aromatic heterocycles. The summed E-state index contributed by atoms with van der Waals surface area (Å²) in [6.07, 6.45) is 1.04. The molecule has 6 heteroatoms. The highest BCUT2D eigenvalue weighted by Gasteiger charge is 2.22. The van der Waals surface area contributed by atoms with Crippen LogP contribution >= 0.6 is 0 Å². The van der Waals surface area contributed by atoms with E-state index >= 15 is 0 Å². The van der Waals surface area contributed by atoms with E-state index < -0.39 is 11.7 Å². The molecule has 0 unspecified atom stereocenters. The van der Waals surface area contributed by atoms with Crippen LogP contribution in [0.25, 0.3) is 11.0 Å². The van der Waals surface area contributed by atoms with Crippen LogP contribution in [0.3, 0.4) is 0 Å². The minimum absolute atomic E-state index is 0.00924. The first-order valence-corrected chi connectivity index (χ1v) is 7.96. The van der Waals surface area contributed by atoms with Crippen LogP contribution in [0, 0.1) is 5.82 Å². The second-order valence-electron chi connectivity index (χ2n) is 5.56. The average molecular weight is 340 g/mol. The van der Waals surface area contributed by atoms with Crippen molar-refractivity contribution in [3.8, 4) is 0 Å². The number of hydrogen-bond donors (Lipinski definition) is 2. The molecule has 25 heavy (non-hydrogen) atoms. The Labute approximate surface area is 143 Å². The van der Waals surface area contributed by atoms with Crippen LogP contribution in [0.15, 0.2) is 52.9 Å². The maximum atomic E-state index is 13.0. The van der Waals surface area contributed by atoms with Gasteiger partial charge in [0.2, 0.25) is 11.7 Å². The number of nitrogens with one attached hydrogen (secondary N) is 2. The van der Waals surface area contributed by atoms with Crippen LogP contribution in [0.5, 0.6) is 0 Å². The number of carbonyl (C=O) groups is 2. The number of carbonyl (C=O) groups excluding carboxylic acids is 2. The fourth-order valence-corrected chi connectivity index (χ4v) is 2.48. The van der Waals surface area contributed by atoms with E-state index in [2.05, 4.69) is 10.6 Å². The molecule has 0 radical (unpaired) electrons. The van der Waals surface area contributed by atoms with Crippen LogP contribution in [0.2, 0.25) is 0 Å². The highest BCUT2D eigenvalue weighted by molar-refractivity contribution is 6.14. The van der Waals surface area contributed by atoms with Gasteiger partial charge in [-0.2, -0.15) is 0 Å². The molecule has 128 valence electrons. The minimum atomic E-state index is -0.519. The SMILES string of the molecule is CCCC(=O)Nc1c(C(=O)Nc2ccc(F)cc2)oc2ccccc12. The van der Waals surface area contributed by atoms with Crippen molar-refractivity contribution in [1.29, 1.82) is 0 Å². The maximum absolute atomic E-state index is 13.0. The van der Waals surface area contributed by atoms with Crippen LogP contribution in [0.4, 0.5) is 15.8 Å². The lowest BCUT2D eigenvalue weighted by Gasteiger charge is -2.07. The zero-order valence-electron chi connectivity index (χ0n) is 13.6. The van der Waals surface area contributed by atoms with Crippen LogP contribution in [-0.4, -0.2) is 11.8 Å². The predicted octanol–water partition coefficient (Wildman–Crippen LogP) is 4.56. The van der Waals surface area contributed by atoms with Gasteiger partial charge in [0.15, 0.2) is 0 Å². The number of rotatable bonds is 5. The number of para-hydroxylation sites is 1. The summed E-state index contributed by atoms with van der Waals surface area (Å²) in [5.41, 5.74) is 1.27. The van der Waals surface area contributed by atoms with Gasteiger partial charge >= 0.3 is 0 Å². The second-order valence-corrected chi connectivity index (χ2v) is 5.56. The summed E-state index contributed by atoms with van der Waals surface area (Å²) in [4.78, 5) is 24.6. The number of anilines is 2. The topological polar surface area (TPSA) is 71.3 Å². The highest BCUT2D eigenvalue weighted by Crippen LogP contribution is 2.31. The Morgan fingerprint density at radius 1 is 1.04 bits per heavy atom. The first-order valence-electron chi connectivity index (χ1n) is 7.96. The normalized spacial score (nSPS) is 10.6. The van der Waals surface area contributed by atoms with E-state index in [1.165, 1.54) is 24.3 Å². The van der Waals surface area contributed by atoms with Crippen molar-refractivity contribution in [2.24, 2.45) is 0 Å². The van der Waals surface area contributed by atoms with E-state index in [9.17, 15) is 14.0 Å². The van der Waals surface area contributed by atoms with Gasteiger partial charge in [0.05, 0.1) is 0 Å². The highest BCUT2D eigenvalue weighted by atomic mass is 19.1. The van der Waals surface area contributed by atoms with Gasteiger partial charge in [0.1, 0.15) is 17.1 Å². The molecule has 0 saturated carbocycles. The van der Waals surface area contributed by atoms with Gasteiger partial charge in [-0.15, -0.1) is 0 Å². The zero-order valence-corrected chi connectivity index (χ0v) is 13.6. The largest absolute Gasteiger partial charge is 0.449 e. The average Bonchev–Trinajstić information content (AvgIpc) is 2.96. The molecule has 2 aromatic carbocycles. The first-order chi connectivity index (χ1) is 12.1. The van der Waals surface area contributed by atoms with Gasteiger partial charge in [-0.05, 0) is 42.8 Å². The molecule has 5 nitrogen and oxygen atoms in total. The fourth-order valence-electron chi connectivity index (χ4n) is 2.48. The Morgan fingerprint density at radius 3 is 2.48 bits per heavy atom. The lowest BCUT2D eigenvalue weighted by atomic mass is 10.2. The summed E-state index contributed by atoms with van der Waals surface area (Å²) < 4.78 is 18.6. The molecule has 0 aliphatic rings. The lowest BCUT2D eigenvalue weighted by molar-refractivity contribution is -0.116. The van der Waals surface area contributed by atoms with Gasteiger partial charge in [0, 0.05) is 17.5 Å². The van der Waals surface area contributed by atoms with Gasteiger partial charge in [-0.3, -0.25) is 9.59 Å². The molecule has 0 saturated heterocycles. The number of hydrogen-bond acceptors (Lipinski definition) is 3. The van der Waals surface area contributed by atoms with Crippen LogP contribution in [0.1, 0.15) is 30.3 Å². The number of fused-ring (bicyclic) bond motifs is 1. The number of benzene rings is 2. The fraction of sp³-hybridized carbons (Fsp3) is 0.158. The Balaban J connectivity index is 1.94. The Morgan fingerprint density at radius 2 is 1.76 bits per heavy atom. The van der Waals surface area contributed by atoms with Crippen molar-refractivity contribution in [2.75, 3.05) is 10.6 Å². The summed E-state index contributed by atoms with van der Waals surface area (Å²) >= 11 is 0. The monoisotopic (exact) mass is 340 g/mol. The standard InChI is InChI=1S/C19H17FN2O3/c1-2-5-16(23)22-17-14-6-3-4-7-15(14)25-18(17)19(24)21-13-10-8-12(20)9-11-13/h3-4,6-11H,2,5H2,1H3,(H,21,24)(H,22,23). The summed E-state index contributed by atoms with van der Waals surface area (Å²) in [7, 11) is 0. The second kappa shape index (κ2) is 7.17. The van der Waals surface area contributed by atoms with E-state index in [0.717, 1.165) is 0 Å². The minimum Gasteiger partial charge on any atom is -0.449 e. The number of halogens is 1.